The molecule has 0 aliphatic rings. The molecule has 6 heteroatoms. The van der Waals surface area contributed by atoms with Crippen molar-refractivity contribution in [2.24, 2.45) is 0 Å². The zero-order chi connectivity index (χ0) is 18.9. The number of benzene rings is 2. The van der Waals surface area contributed by atoms with E-state index in [1.54, 1.807) is 19.3 Å². The minimum Gasteiger partial charge on any atom is -0.496 e. The zero-order valence-electron chi connectivity index (χ0n) is 14.6. The summed E-state index contributed by atoms with van der Waals surface area (Å²) in [6.07, 6.45) is 2.85. The van der Waals surface area contributed by atoms with Gasteiger partial charge in [-0.15, -0.1) is 0 Å². The Morgan fingerprint density at radius 1 is 1.15 bits per heavy atom. The van der Waals surface area contributed by atoms with E-state index in [2.05, 4.69) is 21.2 Å². The predicted molar refractivity (Wildman–Crippen MR) is 104 cm³/mol. The van der Waals surface area contributed by atoms with Crippen molar-refractivity contribution in [1.29, 1.82) is 0 Å². The molecule has 1 amide bonds. The number of hydrogen-bond donors (Lipinski definition) is 1. The molecular weight excluding hydrogens is 398 g/mol. The summed E-state index contributed by atoms with van der Waals surface area (Å²) in [5.74, 6) is -0.306. The van der Waals surface area contributed by atoms with Crippen molar-refractivity contribution in [3.05, 3.63) is 70.2 Å². The summed E-state index contributed by atoms with van der Waals surface area (Å²) in [5.41, 5.74) is 1.71. The number of ether oxygens (including phenoxy) is 2. The molecule has 0 aromatic heterocycles. The van der Waals surface area contributed by atoms with Crippen LogP contribution in [0.2, 0.25) is 0 Å². The van der Waals surface area contributed by atoms with Gasteiger partial charge in [0.05, 0.1) is 13.2 Å². The third-order valence-electron chi connectivity index (χ3n) is 3.63. The second-order valence-corrected chi connectivity index (χ2v) is 6.44. The molecule has 0 bridgehead atoms. The van der Waals surface area contributed by atoms with Gasteiger partial charge in [0.2, 0.25) is 0 Å². The fourth-order valence-corrected chi connectivity index (χ4v) is 2.53. The summed E-state index contributed by atoms with van der Waals surface area (Å²) >= 11 is 3.37. The third kappa shape index (κ3) is 6.04. The van der Waals surface area contributed by atoms with Crippen LogP contribution in [-0.2, 0) is 14.3 Å². The van der Waals surface area contributed by atoms with Crippen molar-refractivity contribution in [2.75, 3.05) is 13.7 Å². The number of nitrogens with one attached hydrogen (secondary N) is 1. The SMILES string of the molecule is COc1ccccc1/C=C/C(=O)OCC(=O)N[C@H](C)c1ccc(Br)cc1. The zero-order valence-corrected chi connectivity index (χ0v) is 16.2. The Labute approximate surface area is 161 Å². The minimum absolute atomic E-state index is 0.182. The molecule has 0 spiro atoms. The number of methoxy groups -OCH3 is 1. The van der Waals surface area contributed by atoms with Crippen molar-refractivity contribution in [1.82, 2.24) is 5.32 Å². The van der Waals surface area contributed by atoms with E-state index in [1.165, 1.54) is 6.08 Å². The molecule has 5 nitrogen and oxygen atoms in total. The van der Waals surface area contributed by atoms with Crippen LogP contribution in [0.3, 0.4) is 0 Å². The van der Waals surface area contributed by atoms with Crippen LogP contribution in [0.4, 0.5) is 0 Å². The number of carbonyl (C=O) groups is 2. The average Bonchev–Trinajstić information content (AvgIpc) is 2.65. The van der Waals surface area contributed by atoms with Crippen LogP contribution in [0.5, 0.6) is 5.75 Å². The molecule has 0 radical (unpaired) electrons. The first-order chi connectivity index (χ1) is 12.5. The summed E-state index contributed by atoms with van der Waals surface area (Å²) in [7, 11) is 1.56. The molecule has 26 heavy (non-hydrogen) atoms. The van der Waals surface area contributed by atoms with Crippen LogP contribution in [0.25, 0.3) is 6.08 Å². The maximum Gasteiger partial charge on any atom is 0.331 e. The fourth-order valence-electron chi connectivity index (χ4n) is 2.26. The van der Waals surface area contributed by atoms with Gasteiger partial charge in [0.25, 0.3) is 5.91 Å². The number of esters is 1. The third-order valence-corrected chi connectivity index (χ3v) is 4.16. The molecule has 1 N–H and O–H groups in total. The van der Waals surface area contributed by atoms with Gasteiger partial charge in [0, 0.05) is 16.1 Å². The number of rotatable bonds is 7. The van der Waals surface area contributed by atoms with Crippen LogP contribution in [0.1, 0.15) is 24.1 Å². The van der Waals surface area contributed by atoms with Gasteiger partial charge in [-0.25, -0.2) is 4.79 Å². The van der Waals surface area contributed by atoms with Crippen LogP contribution >= 0.6 is 15.9 Å². The van der Waals surface area contributed by atoms with Crippen molar-refractivity contribution < 1.29 is 19.1 Å². The van der Waals surface area contributed by atoms with Gasteiger partial charge in [-0.3, -0.25) is 4.79 Å². The Hall–Kier alpha value is -2.60. The number of amides is 1. The number of para-hydroxylation sites is 1. The van der Waals surface area contributed by atoms with Crippen molar-refractivity contribution in [2.45, 2.75) is 13.0 Å². The number of carbonyl (C=O) groups excluding carboxylic acids is 2. The van der Waals surface area contributed by atoms with Gasteiger partial charge in [-0.2, -0.15) is 0 Å². The Kier molecular flexibility index (Phi) is 7.41. The molecule has 2 aromatic carbocycles. The van der Waals surface area contributed by atoms with Gasteiger partial charge in [0.1, 0.15) is 5.75 Å². The van der Waals surface area contributed by atoms with Crippen LogP contribution in [0, 0.1) is 0 Å². The second-order valence-electron chi connectivity index (χ2n) is 5.52. The first-order valence-corrected chi connectivity index (χ1v) is 8.81. The van der Waals surface area contributed by atoms with Gasteiger partial charge in [-0.1, -0.05) is 46.3 Å². The van der Waals surface area contributed by atoms with Crippen LogP contribution < -0.4 is 10.1 Å². The molecular formula is C20H20BrNO4. The highest BCUT2D eigenvalue weighted by Gasteiger charge is 2.11. The topological polar surface area (TPSA) is 64.6 Å². The lowest BCUT2D eigenvalue weighted by Gasteiger charge is -2.14. The Morgan fingerprint density at radius 2 is 1.85 bits per heavy atom. The molecule has 0 aliphatic heterocycles. The molecule has 0 saturated heterocycles. The van der Waals surface area contributed by atoms with Gasteiger partial charge < -0.3 is 14.8 Å². The van der Waals surface area contributed by atoms with E-state index in [-0.39, 0.29) is 18.6 Å². The smallest absolute Gasteiger partial charge is 0.331 e. The Bertz CT molecular complexity index is 787. The quantitative estimate of drug-likeness (QED) is 0.548. The van der Waals surface area contributed by atoms with E-state index in [0.717, 1.165) is 15.6 Å². The monoisotopic (exact) mass is 417 g/mol. The summed E-state index contributed by atoms with van der Waals surface area (Å²) in [6.45, 7) is 1.53. The van der Waals surface area contributed by atoms with Gasteiger partial charge >= 0.3 is 5.97 Å². The molecule has 0 heterocycles. The standard InChI is InChI=1S/C20H20BrNO4/c1-14(15-7-10-17(21)11-8-15)22-19(23)13-26-20(24)12-9-16-5-3-4-6-18(16)25-2/h3-12,14H,13H2,1-2H3,(H,22,23)/b12-9+/t14-/m1/s1. The van der Waals surface area contributed by atoms with Crippen molar-refractivity contribution >= 4 is 33.9 Å². The number of halogens is 1. The molecule has 0 aliphatic carbocycles. The average molecular weight is 418 g/mol. The van der Waals surface area contributed by atoms with E-state index in [4.69, 9.17) is 9.47 Å². The molecule has 136 valence electrons. The second kappa shape index (κ2) is 9.77. The van der Waals surface area contributed by atoms with Gasteiger partial charge in [0.15, 0.2) is 6.61 Å². The highest BCUT2D eigenvalue weighted by Crippen LogP contribution is 2.18. The maximum absolute atomic E-state index is 11.9. The molecule has 2 rings (SSSR count). The van der Waals surface area contributed by atoms with Crippen LogP contribution in [0.15, 0.2) is 59.1 Å². The predicted octanol–water partition coefficient (Wildman–Crippen LogP) is 3.89. The lowest BCUT2D eigenvalue weighted by Crippen LogP contribution is -2.30. The fraction of sp³-hybridized carbons (Fsp3) is 0.200. The van der Waals surface area contributed by atoms with E-state index in [1.807, 2.05) is 49.4 Å². The Morgan fingerprint density at radius 3 is 2.54 bits per heavy atom. The normalized spacial score (nSPS) is 11.8. The van der Waals surface area contributed by atoms with Crippen LogP contribution in [-0.4, -0.2) is 25.6 Å². The van der Waals surface area contributed by atoms with Crippen molar-refractivity contribution in [3.63, 3.8) is 0 Å². The highest BCUT2D eigenvalue weighted by molar-refractivity contribution is 9.10. The first kappa shape index (κ1) is 19.7. The van der Waals surface area contributed by atoms with Gasteiger partial charge in [-0.05, 0) is 36.8 Å². The van der Waals surface area contributed by atoms with E-state index < -0.39 is 5.97 Å². The molecule has 2 aromatic rings. The molecule has 0 saturated carbocycles. The minimum atomic E-state index is -0.595. The van der Waals surface area contributed by atoms with E-state index in [0.29, 0.717) is 5.75 Å². The highest BCUT2D eigenvalue weighted by atomic mass is 79.9. The molecule has 1 atom stereocenters. The lowest BCUT2D eigenvalue weighted by atomic mass is 10.1. The van der Waals surface area contributed by atoms with E-state index in [9.17, 15) is 9.59 Å². The van der Waals surface area contributed by atoms with E-state index >= 15 is 0 Å². The summed E-state index contributed by atoms with van der Waals surface area (Å²) in [4.78, 5) is 23.7. The lowest BCUT2D eigenvalue weighted by molar-refractivity contribution is -0.144. The maximum atomic E-state index is 11.9. The summed E-state index contributed by atoms with van der Waals surface area (Å²) in [5, 5.41) is 2.79. The largest absolute Gasteiger partial charge is 0.496 e. The molecule has 0 unspecified atom stereocenters. The summed E-state index contributed by atoms with van der Waals surface area (Å²) in [6, 6.07) is 14.7. The molecule has 0 fully saturated rings. The Balaban J connectivity index is 1.82. The van der Waals surface area contributed by atoms with Crippen molar-refractivity contribution in [3.8, 4) is 5.75 Å². The number of hydrogen-bond acceptors (Lipinski definition) is 4. The first-order valence-electron chi connectivity index (χ1n) is 8.02. The summed E-state index contributed by atoms with van der Waals surface area (Å²) < 4.78 is 11.1.